The summed E-state index contributed by atoms with van der Waals surface area (Å²) in [4.78, 5) is 20.4. The summed E-state index contributed by atoms with van der Waals surface area (Å²) in [5.41, 5.74) is 2.46. The van der Waals surface area contributed by atoms with Crippen molar-refractivity contribution in [3.05, 3.63) is 53.2 Å². The quantitative estimate of drug-likeness (QED) is 0.404. The Morgan fingerprint density at radius 2 is 1.97 bits per heavy atom. The number of thioether (sulfide) groups is 1. The number of amides is 1. The summed E-state index contributed by atoms with van der Waals surface area (Å²) in [6, 6.07) is 13.6. The Hall–Kier alpha value is -2.48. The fraction of sp³-hybridized carbons (Fsp3) is 0.304. The normalized spacial score (nSPS) is 12.9. The molecule has 8 heteroatoms. The molecule has 0 saturated heterocycles. The Balaban J connectivity index is 1.43. The molecule has 1 aliphatic rings. The number of halogens is 1. The molecular weight excluding hydrogens is 434 g/mol. The third kappa shape index (κ3) is 5.23. The molecule has 1 N–H and O–H groups in total. The van der Waals surface area contributed by atoms with E-state index in [9.17, 15) is 4.79 Å². The maximum absolute atomic E-state index is 12.6. The highest BCUT2D eigenvalue weighted by Crippen LogP contribution is 2.32. The van der Waals surface area contributed by atoms with Crippen molar-refractivity contribution in [1.29, 1.82) is 0 Å². The van der Waals surface area contributed by atoms with Gasteiger partial charge in [0.2, 0.25) is 5.91 Å². The smallest absolute Gasteiger partial charge is 0.238 e. The number of benzene rings is 2. The highest BCUT2D eigenvalue weighted by molar-refractivity contribution is 7.98. The van der Waals surface area contributed by atoms with Gasteiger partial charge in [0.05, 0.1) is 12.1 Å². The topological polar surface area (TPSA) is 63.7 Å². The van der Waals surface area contributed by atoms with Gasteiger partial charge in [-0.15, -0.1) is 11.8 Å². The van der Waals surface area contributed by atoms with Crippen LogP contribution in [0, 0.1) is 0 Å². The highest BCUT2D eigenvalue weighted by atomic mass is 35.5. The summed E-state index contributed by atoms with van der Waals surface area (Å²) in [6.45, 7) is 4.54. The van der Waals surface area contributed by atoms with Crippen LogP contribution in [-0.4, -0.2) is 48.4 Å². The second-order valence-corrected chi connectivity index (χ2v) is 8.44. The Morgan fingerprint density at radius 1 is 1.16 bits per heavy atom. The van der Waals surface area contributed by atoms with Gasteiger partial charge >= 0.3 is 0 Å². The second kappa shape index (κ2) is 9.77. The summed E-state index contributed by atoms with van der Waals surface area (Å²) < 4.78 is 11.1. The second-order valence-electron chi connectivity index (χ2n) is 7.21. The SMILES string of the molecule is CCN(CC(=O)Nc1ccc2c(c1)OCCO2)Cc1cc2ccc(SC)cc2nc1Cl. The summed E-state index contributed by atoms with van der Waals surface area (Å²) in [5, 5.41) is 4.44. The standard InChI is InChI=1S/C23H24ClN3O3S/c1-3-27(13-16-10-15-4-6-18(31-2)12-19(15)26-23(16)24)14-22(28)25-17-5-7-20-21(11-17)30-9-8-29-20/h4-7,10-12H,3,8-9,13-14H2,1-2H3,(H,25,28). The van der Waals surface area contributed by atoms with Gasteiger partial charge in [0.1, 0.15) is 18.4 Å². The third-order valence-corrected chi connectivity index (χ3v) is 6.14. The molecule has 1 aromatic heterocycles. The van der Waals surface area contributed by atoms with Crippen LogP contribution in [0.25, 0.3) is 10.9 Å². The van der Waals surface area contributed by atoms with Crippen molar-refractivity contribution in [2.24, 2.45) is 0 Å². The molecule has 0 unspecified atom stereocenters. The van der Waals surface area contributed by atoms with Gasteiger partial charge in [-0.2, -0.15) is 0 Å². The summed E-state index contributed by atoms with van der Waals surface area (Å²) in [7, 11) is 0. The van der Waals surface area contributed by atoms with Gasteiger partial charge in [0.25, 0.3) is 0 Å². The molecule has 3 aromatic rings. The van der Waals surface area contributed by atoms with Crippen molar-refractivity contribution in [2.75, 3.05) is 37.9 Å². The van der Waals surface area contributed by atoms with Gasteiger partial charge < -0.3 is 14.8 Å². The van der Waals surface area contributed by atoms with Crippen molar-refractivity contribution in [3.8, 4) is 11.5 Å². The fourth-order valence-electron chi connectivity index (χ4n) is 3.45. The molecule has 2 aromatic carbocycles. The van der Waals surface area contributed by atoms with Crippen molar-refractivity contribution in [2.45, 2.75) is 18.4 Å². The molecule has 0 aliphatic carbocycles. The van der Waals surface area contributed by atoms with Crippen LogP contribution in [0.1, 0.15) is 12.5 Å². The summed E-state index contributed by atoms with van der Waals surface area (Å²) >= 11 is 8.14. The molecule has 0 saturated carbocycles. The molecule has 0 radical (unpaired) electrons. The predicted octanol–water partition coefficient (Wildman–Crippen LogP) is 4.84. The van der Waals surface area contributed by atoms with Crippen LogP contribution in [0.4, 0.5) is 5.69 Å². The van der Waals surface area contributed by atoms with Gasteiger partial charge in [-0.05, 0) is 43.1 Å². The Kier molecular flexibility index (Phi) is 6.85. The lowest BCUT2D eigenvalue weighted by Gasteiger charge is -2.21. The molecule has 0 spiro atoms. The van der Waals surface area contributed by atoms with Crippen LogP contribution >= 0.6 is 23.4 Å². The highest BCUT2D eigenvalue weighted by Gasteiger charge is 2.16. The summed E-state index contributed by atoms with van der Waals surface area (Å²) in [6.07, 6.45) is 2.03. The minimum absolute atomic E-state index is 0.104. The van der Waals surface area contributed by atoms with Gasteiger partial charge in [-0.3, -0.25) is 9.69 Å². The molecule has 0 fully saturated rings. The predicted molar refractivity (Wildman–Crippen MR) is 126 cm³/mol. The molecule has 0 atom stereocenters. The Labute approximate surface area is 190 Å². The first-order valence-electron chi connectivity index (χ1n) is 10.1. The first-order chi connectivity index (χ1) is 15.1. The van der Waals surface area contributed by atoms with E-state index in [0.29, 0.717) is 48.6 Å². The van der Waals surface area contributed by atoms with Crippen molar-refractivity contribution in [1.82, 2.24) is 9.88 Å². The van der Waals surface area contributed by atoms with E-state index in [1.807, 2.05) is 36.3 Å². The first-order valence-corrected chi connectivity index (χ1v) is 11.7. The lowest BCUT2D eigenvalue weighted by Crippen LogP contribution is -2.33. The molecule has 31 heavy (non-hydrogen) atoms. The number of nitrogens with zero attached hydrogens (tertiary/aromatic N) is 2. The van der Waals surface area contributed by atoms with Crippen LogP contribution in [-0.2, 0) is 11.3 Å². The third-order valence-electron chi connectivity index (χ3n) is 5.09. The zero-order valence-corrected chi connectivity index (χ0v) is 19.1. The zero-order chi connectivity index (χ0) is 21.8. The molecule has 162 valence electrons. The Bertz CT molecular complexity index is 1110. The lowest BCUT2D eigenvalue weighted by molar-refractivity contribution is -0.117. The monoisotopic (exact) mass is 457 g/mol. The van der Waals surface area contributed by atoms with Gasteiger partial charge in [0, 0.05) is 34.1 Å². The number of fused-ring (bicyclic) bond motifs is 2. The van der Waals surface area contributed by atoms with E-state index < -0.39 is 0 Å². The van der Waals surface area contributed by atoms with E-state index in [0.717, 1.165) is 21.4 Å². The Morgan fingerprint density at radius 3 is 2.74 bits per heavy atom. The summed E-state index contributed by atoms with van der Waals surface area (Å²) in [5.74, 6) is 1.24. The van der Waals surface area contributed by atoms with Crippen molar-refractivity contribution < 1.29 is 14.3 Å². The van der Waals surface area contributed by atoms with E-state index >= 15 is 0 Å². The largest absolute Gasteiger partial charge is 0.486 e. The maximum Gasteiger partial charge on any atom is 0.238 e. The minimum atomic E-state index is -0.104. The van der Waals surface area contributed by atoms with Gasteiger partial charge in [-0.1, -0.05) is 24.6 Å². The number of carbonyl (C=O) groups excluding carboxylic acids is 1. The maximum atomic E-state index is 12.6. The first kappa shape index (κ1) is 21.7. The van der Waals surface area contributed by atoms with Gasteiger partial charge in [0.15, 0.2) is 11.5 Å². The molecule has 2 heterocycles. The van der Waals surface area contributed by atoms with Crippen LogP contribution in [0.15, 0.2) is 47.4 Å². The van der Waals surface area contributed by atoms with E-state index in [-0.39, 0.29) is 12.5 Å². The minimum Gasteiger partial charge on any atom is -0.486 e. The number of ether oxygens (including phenoxy) is 2. The molecule has 1 aliphatic heterocycles. The van der Waals surface area contributed by atoms with Crippen LogP contribution < -0.4 is 14.8 Å². The van der Waals surface area contributed by atoms with Crippen LogP contribution in [0.2, 0.25) is 5.15 Å². The van der Waals surface area contributed by atoms with Gasteiger partial charge in [-0.25, -0.2) is 4.98 Å². The van der Waals surface area contributed by atoms with E-state index in [4.69, 9.17) is 21.1 Å². The van der Waals surface area contributed by atoms with Crippen molar-refractivity contribution in [3.63, 3.8) is 0 Å². The molecule has 1 amide bonds. The van der Waals surface area contributed by atoms with E-state index in [1.54, 1.807) is 17.8 Å². The number of pyridine rings is 1. The molecule has 0 bridgehead atoms. The number of rotatable bonds is 7. The van der Waals surface area contributed by atoms with E-state index in [1.165, 1.54) is 0 Å². The number of nitrogens with one attached hydrogen (secondary N) is 1. The number of likely N-dealkylation sites (N-methyl/N-ethyl adjacent to an activating group) is 1. The van der Waals surface area contributed by atoms with Crippen molar-refractivity contribution >= 4 is 45.9 Å². The number of hydrogen-bond acceptors (Lipinski definition) is 6. The lowest BCUT2D eigenvalue weighted by atomic mass is 10.1. The average molecular weight is 458 g/mol. The molecule has 6 nitrogen and oxygen atoms in total. The fourth-order valence-corrected chi connectivity index (χ4v) is 4.09. The molecule has 4 rings (SSSR count). The zero-order valence-electron chi connectivity index (χ0n) is 17.5. The number of aromatic nitrogens is 1. The number of carbonyl (C=O) groups is 1. The number of anilines is 1. The average Bonchev–Trinajstić information content (AvgIpc) is 2.78. The molecular formula is C23H24ClN3O3S. The van der Waals surface area contributed by atoms with Crippen LogP contribution in [0.3, 0.4) is 0 Å². The van der Waals surface area contributed by atoms with Crippen LogP contribution in [0.5, 0.6) is 11.5 Å². The number of hydrogen-bond donors (Lipinski definition) is 1. The van der Waals surface area contributed by atoms with E-state index in [2.05, 4.69) is 28.5 Å².